The van der Waals surface area contributed by atoms with E-state index in [4.69, 9.17) is 0 Å². The molecule has 23 heavy (non-hydrogen) atoms. The average molecular weight is 408 g/mol. The summed E-state index contributed by atoms with van der Waals surface area (Å²) in [6.07, 6.45) is 0. The van der Waals surface area contributed by atoms with Gasteiger partial charge in [-0.15, -0.1) is 11.3 Å². The first-order valence-electron chi connectivity index (χ1n) is 6.89. The number of carbonyl (C=O) groups is 1. The molecule has 2 aromatic rings. The Morgan fingerprint density at radius 2 is 2.00 bits per heavy atom. The van der Waals surface area contributed by atoms with Crippen LogP contribution in [0.1, 0.15) is 18.2 Å². The van der Waals surface area contributed by atoms with Gasteiger partial charge in [0.05, 0.1) is 10.6 Å². The Bertz CT molecular complexity index is 824. The van der Waals surface area contributed by atoms with Crippen LogP contribution in [0.2, 0.25) is 0 Å². The summed E-state index contributed by atoms with van der Waals surface area (Å²) in [6, 6.07) is 7.94. The molecule has 0 radical (unpaired) electrons. The van der Waals surface area contributed by atoms with E-state index in [1.54, 1.807) is 11.9 Å². The molecule has 0 unspecified atom stereocenters. The molecule has 1 saturated heterocycles. The molecule has 0 atom stereocenters. The van der Waals surface area contributed by atoms with Crippen molar-refractivity contribution in [2.45, 2.75) is 13.8 Å². The normalized spacial score (nSPS) is 18.9. The van der Waals surface area contributed by atoms with Crippen molar-refractivity contribution in [3.05, 3.63) is 50.3 Å². The molecule has 0 saturated carbocycles. The van der Waals surface area contributed by atoms with Crippen molar-refractivity contribution in [1.29, 1.82) is 0 Å². The maximum absolute atomic E-state index is 12.5. The number of hydrogen-bond acceptors (Lipinski definition) is 5. The minimum absolute atomic E-state index is 0.0255. The Kier molecular flexibility index (Phi) is 4.70. The summed E-state index contributed by atoms with van der Waals surface area (Å²) in [5.74, 6) is -0.0255. The maximum atomic E-state index is 12.5. The van der Waals surface area contributed by atoms with E-state index in [1.807, 2.05) is 43.5 Å². The maximum Gasteiger partial charge on any atom is 0.266 e. The lowest BCUT2D eigenvalue weighted by Crippen LogP contribution is -2.23. The first kappa shape index (κ1) is 16.4. The van der Waals surface area contributed by atoms with Gasteiger partial charge in [-0.3, -0.25) is 9.69 Å². The van der Waals surface area contributed by atoms with Crippen LogP contribution >= 0.6 is 39.0 Å². The van der Waals surface area contributed by atoms with E-state index >= 15 is 0 Å². The fourth-order valence-electron chi connectivity index (χ4n) is 2.08. The number of thioether (sulfide) groups is 1. The van der Waals surface area contributed by atoms with Crippen molar-refractivity contribution < 1.29 is 4.79 Å². The smallest absolute Gasteiger partial charge is 0.266 e. The number of aliphatic imine (C=N–C) groups is 1. The van der Waals surface area contributed by atoms with Gasteiger partial charge < -0.3 is 0 Å². The van der Waals surface area contributed by atoms with Gasteiger partial charge in [0, 0.05) is 16.9 Å². The Morgan fingerprint density at radius 3 is 2.61 bits per heavy atom. The molecule has 1 fully saturated rings. The van der Waals surface area contributed by atoms with Crippen LogP contribution in [0.15, 0.2) is 44.0 Å². The number of thiazole rings is 1. The second-order valence-corrected chi connectivity index (χ2v) is 7.82. The van der Waals surface area contributed by atoms with Gasteiger partial charge in [0.25, 0.3) is 5.91 Å². The Labute approximate surface area is 151 Å². The van der Waals surface area contributed by atoms with Crippen LogP contribution in [-0.2, 0) is 4.79 Å². The molecular weight excluding hydrogens is 394 g/mol. The topological polar surface area (TPSA) is 45.6 Å². The molecule has 1 aliphatic heterocycles. The molecule has 1 aromatic heterocycles. The quantitative estimate of drug-likeness (QED) is 0.669. The highest BCUT2D eigenvalue weighted by Gasteiger charge is 2.32. The molecular formula is C16H14BrN3OS2. The van der Waals surface area contributed by atoms with E-state index in [-0.39, 0.29) is 5.91 Å². The molecule has 1 amide bonds. The van der Waals surface area contributed by atoms with Crippen LogP contribution in [0.5, 0.6) is 0 Å². The van der Waals surface area contributed by atoms with E-state index in [2.05, 4.69) is 25.9 Å². The van der Waals surface area contributed by atoms with Crippen LogP contribution in [0, 0.1) is 6.92 Å². The van der Waals surface area contributed by atoms with Crippen molar-refractivity contribution in [3.8, 4) is 0 Å². The second-order valence-electron chi connectivity index (χ2n) is 5.09. The predicted molar refractivity (Wildman–Crippen MR) is 101 cm³/mol. The highest BCUT2D eigenvalue weighted by atomic mass is 79.9. The lowest BCUT2D eigenvalue weighted by molar-refractivity contribution is -0.121. The number of carbonyl (C=O) groups excluding carboxylic acids is 1. The number of benzene rings is 1. The fraction of sp³-hybridized carbons (Fsp3) is 0.188. The third kappa shape index (κ3) is 3.41. The van der Waals surface area contributed by atoms with Crippen LogP contribution in [-0.4, -0.2) is 28.0 Å². The van der Waals surface area contributed by atoms with E-state index in [0.29, 0.717) is 15.2 Å². The number of allylic oxidation sites excluding steroid dienone is 1. The van der Waals surface area contributed by atoms with Crippen molar-refractivity contribution in [1.82, 2.24) is 9.88 Å². The lowest BCUT2D eigenvalue weighted by Gasteiger charge is -2.07. The van der Waals surface area contributed by atoms with Gasteiger partial charge in [-0.1, -0.05) is 28.1 Å². The molecule has 7 heteroatoms. The number of rotatable bonds is 2. The third-order valence-electron chi connectivity index (χ3n) is 3.40. The van der Waals surface area contributed by atoms with Crippen molar-refractivity contribution >= 4 is 60.8 Å². The molecule has 1 aromatic carbocycles. The first-order chi connectivity index (χ1) is 11.0. The Balaban J connectivity index is 1.95. The van der Waals surface area contributed by atoms with Gasteiger partial charge in [-0.25, -0.2) is 4.98 Å². The van der Waals surface area contributed by atoms with E-state index in [9.17, 15) is 4.79 Å². The second kappa shape index (κ2) is 6.59. The van der Waals surface area contributed by atoms with Crippen LogP contribution < -0.4 is 0 Å². The monoisotopic (exact) mass is 407 g/mol. The van der Waals surface area contributed by atoms with Gasteiger partial charge in [0.1, 0.15) is 0 Å². The molecule has 0 N–H and O–H groups in total. The number of nitrogens with zero attached hydrogens (tertiary/aromatic N) is 3. The summed E-state index contributed by atoms with van der Waals surface area (Å²) in [7, 11) is 1.75. The first-order valence-corrected chi connectivity index (χ1v) is 9.38. The summed E-state index contributed by atoms with van der Waals surface area (Å²) in [5.41, 5.74) is 2.93. The molecule has 0 aliphatic carbocycles. The molecule has 3 rings (SSSR count). The molecule has 118 valence electrons. The molecule has 1 aliphatic rings. The third-order valence-corrected chi connectivity index (χ3v) is 6.01. The molecule has 0 bridgehead atoms. The minimum Gasteiger partial charge on any atom is -0.289 e. The minimum atomic E-state index is -0.0255. The van der Waals surface area contributed by atoms with Gasteiger partial charge in [0.15, 0.2) is 5.17 Å². The number of hydrogen-bond donors (Lipinski definition) is 0. The highest BCUT2D eigenvalue weighted by Crippen LogP contribution is 2.37. The Hall–Kier alpha value is -1.44. The van der Waals surface area contributed by atoms with Crippen molar-refractivity contribution in [2.75, 3.05) is 7.05 Å². The average Bonchev–Trinajstić information content (AvgIpc) is 3.06. The van der Waals surface area contributed by atoms with Gasteiger partial charge in [-0.2, -0.15) is 4.99 Å². The number of amidine groups is 1. The van der Waals surface area contributed by atoms with Crippen LogP contribution in [0.25, 0.3) is 5.57 Å². The SMILES string of the molecule is C/C(=C1/S/C(=N/c2nc(C)cs2)N(C)C1=O)c1ccc(Br)cc1. The summed E-state index contributed by atoms with van der Waals surface area (Å²) >= 11 is 6.30. The molecule has 0 spiro atoms. The number of amides is 1. The fourth-order valence-corrected chi connectivity index (χ4v) is 4.10. The lowest BCUT2D eigenvalue weighted by atomic mass is 10.1. The summed E-state index contributed by atoms with van der Waals surface area (Å²) < 4.78 is 1.02. The number of aryl methyl sites for hydroxylation is 1. The van der Waals surface area contributed by atoms with E-state index < -0.39 is 0 Å². The Morgan fingerprint density at radius 1 is 1.30 bits per heavy atom. The van der Waals surface area contributed by atoms with E-state index in [0.717, 1.165) is 21.3 Å². The van der Waals surface area contributed by atoms with Crippen LogP contribution in [0.3, 0.4) is 0 Å². The number of halogens is 1. The predicted octanol–water partition coefficient (Wildman–Crippen LogP) is 4.84. The summed E-state index contributed by atoms with van der Waals surface area (Å²) in [4.78, 5) is 23.7. The van der Waals surface area contributed by atoms with Crippen molar-refractivity contribution in [2.24, 2.45) is 4.99 Å². The number of aromatic nitrogens is 1. The van der Waals surface area contributed by atoms with Gasteiger partial charge >= 0.3 is 0 Å². The largest absolute Gasteiger partial charge is 0.289 e. The van der Waals surface area contributed by atoms with Crippen LogP contribution in [0.4, 0.5) is 5.13 Å². The summed E-state index contributed by atoms with van der Waals surface area (Å²) in [5, 5.41) is 3.29. The highest BCUT2D eigenvalue weighted by molar-refractivity contribution is 9.10. The molecule has 2 heterocycles. The zero-order chi connectivity index (χ0) is 16.6. The standard InChI is InChI=1S/C16H14BrN3OS2/c1-9-8-22-15(18-9)19-16-20(3)14(21)13(23-16)10(2)11-4-6-12(17)7-5-11/h4-8H,1-3H3/b13-10-,19-16+. The zero-order valence-corrected chi connectivity index (χ0v) is 16.1. The molecule has 4 nitrogen and oxygen atoms in total. The van der Waals surface area contributed by atoms with Gasteiger partial charge in [0.2, 0.25) is 5.13 Å². The summed E-state index contributed by atoms with van der Waals surface area (Å²) in [6.45, 7) is 3.90. The zero-order valence-electron chi connectivity index (χ0n) is 12.8. The van der Waals surface area contributed by atoms with Crippen molar-refractivity contribution in [3.63, 3.8) is 0 Å². The van der Waals surface area contributed by atoms with E-state index in [1.165, 1.54) is 23.1 Å². The number of likely N-dealkylation sites (N-methyl/N-ethyl adjacent to an activating group) is 1. The van der Waals surface area contributed by atoms with Gasteiger partial charge in [-0.05, 0) is 48.9 Å².